The molecule has 0 bridgehead atoms. The number of imide groups is 1. The molecule has 8 amide bonds. The Bertz CT molecular complexity index is 3340. The van der Waals surface area contributed by atoms with Crippen LogP contribution in [0.4, 0.5) is 4.39 Å². The number of aliphatic hydroxyl groups is 1. The molecule has 3 aliphatic heterocycles. The van der Waals surface area contributed by atoms with Crippen molar-refractivity contribution in [1.29, 1.82) is 0 Å². The summed E-state index contributed by atoms with van der Waals surface area (Å²) in [5, 5.41) is 27.4. The highest BCUT2D eigenvalue weighted by atomic mass is 19.1. The summed E-state index contributed by atoms with van der Waals surface area (Å²) >= 11 is 0. The number of unbranched alkanes of at least 4 members (excludes halogenated alkanes) is 1. The average Bonchev–Trinajstić information content (AvgIpc) is 1.61. The molecule has 0 radical (unpaired) electrons. The Morgan fingerprint density at radius 1 is 0.614 bits per heavy atom. The smallest absolute Gasteiger partial charge is 0.343 e. The highest BCUT2D eigenvalue weighted by Crippen LogP contribution is 2.41. The molecule has 3 aliphatic rings. The number of amides is 8. The van der Waals surface area contributed by atoms with E-state index in [-0.39, 0.29) is 113 Å². The van der Waals surface area contributed by atoms with E-state index >= 15 is 4.39 Å². The number of cyclic esters (lactones) is 1. The molecule has 3 aromatic rings. The minimum atomic E-state index is -2.01. The third-order valence-electron chi connectivity index (χ3n) is 16.3. The highest BCUT2D eigenvalue weighted by molar-refractivity contribution is 6.13. The standard InChI is InChI=1S/C68H98FN9O23/c1-7-47-48-38-56(52(69)40-54(48)76-61-49(47)41-78-55(61)39-51-50(66(78)87)42-101-67(88)68(51,89)8-2)100-19-17-71-62(83)44(3)72-63(84)45(4)73-64(85)46(5)74-65(86)53(75-57(79)13-11-18-77-59(81)14-15-60(77)82)12-9-10-16-70-58(80)43-99-37-36-98-35-34-97-33-32-96-31-30-95-29-28-94-27-26-93-25-24-92-23-22-91-21-20-90-6/h14-15,38-40,44-46,53,89H,7-13,16-37,41-43H2,1-6H3,(H,70,80)(H,71,83)(H,72,84)(H,73,85)(H,74,86)(H,75,79)/t44-,45-,46-,53-,68-/m0/s1. The molecule has 0 fully saturated rings. The summed E-state index contributed by atoms with van der Waals surface area (Å²) in [6.45, 7) is 14.7. The second-order valence-corrected chi connectivity index (χ2v) is 23.7. The van der Waals surface area contributed by atoms with Crippen molar-refractivity contribution in [1.82, 2.24) is 46.4 Å². The number of aromatic nitrogens is 2. The van der Waals surface area contributed by atoms with Gasteiger partial charge in [-0.15, -0.1) is 0 Å². The molecule has 7 N–H and O–H groups in total. The van der Waals surface area contributed by atoms with Crippen LogP contribution in [0.1, 0.15) is 95.4 Å². The molecular formula is C68H98FN9O23. The predicted molar refractivity (Wildman–Crippen MR) is 358 cm³/mol. The van der Waals surface area contributed by atoms with Crippen LogP contribution in [0.2, 0.25) is 0 Å². The first-order valence-electron chi connectivity index (χ1n) is 34.1. The van der Waals surface area contributed by atoms with E-state index in [2.05, 4.69) is 31.9 Å². The number of pyridine rings is 2. The van der Waals surface area contributed by atoms with Gasteiger partial charge in [-0.2, -0.15) is 0 Å². The number of methoxy groups -OCH3 is 1. The van der Waals surface area contributed by atoms with Crippen LogP contribution in [-0.2, 0) is 120 Å². The summed E-state index contributed by atoms with van der Waals surface area (Å²) in [6, 6.07) is -0.407. The number of fused-ring (bicyclic) bond motifs is 5. The molecule has 0 spiro atoms. The van der Waals surface area contributed by atoms with Crippen LogP contribution in [0.25, 0.3) is 22.3 Å². The summed E-state index contributed by atoms with van der Waals surface area (Å²) in [4.78, 5) is 135. The molecule has 0 saturated heterocycles. The molecule has 6 rings (SSSR count). The molecule has 2 aromatic heterocycles. The predicted octanol–water partition coefficient (Wildman–Crippen LogP) is 0.0625. The fourth-order valence-electron chi connectivity index (χ4n) is 10.8. The highest BCUT2D eigenvalue weighted by Gasteiger charge is 2.46. The number of benzene rings is 1. The van der Waals surface area contributed by atoms with Gasteiger partial charge in [0.1, 0.15) is 44.0 Å². The van der Waals surface area contributed by atoms with Gasteiger partial charge in [-0.25, -0.2) is 14.2 Å². The lowest BCUT2D eigenvalue weighted by molar-refractivity contribution is -0.172. The van der Waals surface area contributed by atoms with E-state index in [4.69, 9.17) is 61.8 Å². The number of esters is 1. The number of hydrogen-bond acceptors (Lipinski definition) is 24. The van der Waals surface area contributed by atoms with Crippen LogP contribution in [0, 0.1) is 5.82 Å². The van der Waals surface area contributed by atoms with Crippen LogP contribution in [0.3, 0.4) is 0 Å². The number of carbonyl (C=O) groups excluding carboxylic acids is 9. The van der Waals surface area contributed by atoms with Gasteiger partial charge in [0.15, 0.2) is 17.2 Å². The van der Waals surface area contributed by atoms with Gasteiger partial charge in [0.05, 0.1) is 154 Å². The Labute approximate surface area is 585 Å². The summed E-state index contributed by atoms with van der Waals surface area (Å²) in [5.41, 5.74) is 0.476. The van der Waals surface area contributed by atoms with Crippen LogP contribution in [0.15, 0.2) is 35.1 Å². The van der Waals surface area contributed by atoms with Crippen molar-refractivity contribution in [2.45, 2.75) is 122 Å². The van der Waals surface area contributed by atoms with Crippen LogP contribution in [-0.4, -0.2) is 256 Å². The van der Waals surface area contributed by atoms with Crippen molar-refractivity contribution in [3.05, 3.63) is 68.8 Å². The number of nitrogens with zero attached hydrogens (tertiary/aromatic N) is 3. The van der Waals surface area contributed by atoms with E-state index in [1.165, 1.54) is 37.5 Å². The van der Waals surface area contributed by atoms with Gasteiger partial charge in [0, 0.05) is 61.4 Å². The van der Waals surface area contributed by atoms with Crippen molar-refractivity contribution >= 4 is 64.1 Å². The van der Waals surface area contributed by atoms with Gasteiger partial charge in [0.2, 0.25) is 35.4 Å². The maximum atomic E-state index is 15.7. The third kappa shape index (κ3) is 25.8. The largest absolute Gasteiger partial charge is 0.489 e. The third-order valence-corrected chi connectivity index (χ3v) is 16.3. The number of halogens is 1. The lowest BCUT2D eigenvalue weighted by Crippen LogP contribution is -2.56. The Morgan fingerprint density at radius 2 is 1.14 bits per heavy atom. The van der Waals surface area contributed by atoms with Gasteiger partial charge in [0.25, 0.3) is 17.4 Å². The maximum Gasteiger partial charge on any atom is 0.343 e. The van der Waals surface area contributed by atoms with Crippen molar-refractivity contribution in [2.24, 2.45) is 0 Å². The van der Waals surface area contributed by atoms with Crippen molar-refractivity contribution in [3.8, 4) is 17.1 Å². The first kappa shape index (κ1) is 82.0. The topological polar surface area (TPSA) is 395 Å². The first-order chi connectivity index (χ1) is 48.7. The lowest BCUT2D eigenvalue weighted by atomic mass is 9.86. The van der Waals surface area contributed by atoms with E-state index in [0.717, 1.165) is 22.6 Å². The van der Waals surface area contributed by atoms with E-state index in [1.807, 2.05) is 6.92 Å². The molecule has 32 nitrogen and oxygen atoms in total. The zero-order valence-electron chi connectivity index (χ0n) is 58.5. The molecule has 560 valence electrons. The van der Waals surface area contributed by atoms with E-state index in [9.17, 15) is 53.1 Å². The van der Waals surface area contributed by atoms with E-state index < -0.39 is 88.5 Å². The Hall–Kier alpha value is -7.96. The molecule has 0 unspecified atom stereocenters. The van der Waals surface area contributed by atoms with Gasteiger partial charge in [-0.3, -0.25) is 48.1 Å². The number of hydrogen-bond donors (Lipinski definition) is 7. The van der Waals surface area contributed by atoms with Crippen LogP contribution < -0.4 is 42.2 Å². The van der Waals surface area contributed by atoms with E-state index in [1.54, 1.807) is 20.1 Å². The fraction of sp³-hybridized carbons (Fsp3) is 0.632. The SMILES string of the molecule is CCc1c2c(nc3cc(F)c(OCCNC(=O)[C@H](C)NC(=O)[C@H](C)NC(=O)[C@H](C)NC(=O)[C@H](CCCCNC(=O)COCCOCCOCCOCCOCCOCCOCCOCCOCCOC)NC(=O)CCCN4C(=O)C=CC4=O)cc13)-c1cc3c(c(=O)n1C2)COC(=O)[C@]3(O)CC. The number of ether oxygens (including phenoxy) is 12. The van der Waals surface area contributed by atoms with Crippen molar-refractivity contribution in [3.63, 3.8) is 0 Å². The molecule has 5 atom stereocenters. The molecular weight excluding hydrogens is 1330 g/mol. The average molecular weight is 1430 g/mol. The zero-order valence-corrected chi connectivity index (χ0v) is 58.5. The summed E-state index contributed by atoms with van der Waals surface area (Å²) in [7, 11) is 1.62. The van der Waals surface area contributed by atoms with Crippen LogP contribution >= 0.6 is 0 Å². The molecule has 5 heterocycles. The fourth-order valence-corrected chi connectivity index (χ4v) is 10.8. The van der Waals surface area contributed by atoms with E-state index in [0.29, 0.717) is 147 Å². The van der Waals surface area contributed by atoms with Crippen LogP contribution in [0.5, 0.6) is 5.75 Å². The maximum absolute atomic E-state index is 15.7. The number of nitrogens with one attached hydrogen (secondary N) is 6. The summed E-state index contributed by atoms with van der Waals surface area (Å²) in [6.07, 6.45) is 3.46. The normalized spacial score (nSPS) is 15.7. The zero-order chi connectivity index (χ0) is 73.1. The minimum Gasteiger partial charge on any atom is -0.489 e. The number of carbonyl (C=O) groups is 9. The summed E-state index contributed by atoms with van der Waals surface area (Å²) < 4.78 is 82.1. The Kier molecular flexibility index (Phi) is 35.5. The molecule has 101 heavy (non-hydrogen) atoms. The first-order valence-corrected chi connectivity index (χ1v) is 34.1. The Morgan fingerprint density at radius 3 is 1.67 bits per heavy atom. The number of aryl methyl sites for hydroxylation is 1. The van der Waals surface area contributed by atoms with Gasteiger partial charge in [-0.1, -0.05) is 13.8 Å². The molecule has 0 saturated carbocycles. The lowest BCUT2D eigenvalue weighted by Gasteiger charge is -2.31. The van der Waals surface area contributed by atoms with Gasteiger partial charge in [-0.05, 0) is 77.0 Å². The molecule has 0 aliphatic carbocycles. The number of rotatable bonds is 52. The second-order valence-electron chi connectivity index (χ2n) is 23.7. The second kappa shape index (κ2) is 43.8. The Balaban J connectivity index is 0.827. The monoisotopic (exact) mass is 1430 g/mol. The minimum absolute atomic E-state index is 0.0248. The summed E-state index contributed by atoms with van der Waals surface area (Å²) in [5.74, 6) is -6.55. The quantitative estimate of drug-likeness (QED) is 0.0175. The molecule has 1 aromatic carbocycles. The van der Waals surface area contributed by atoms with Gasteiger partial charge >= 0.3 is 5.97 Å². The molecule has 33 heteroatoms. The van der Waals surface area contributed by atoms with Crippen molar-refractivity contribution in [2.75, 3.05) is 159 Å². The van der Waals surface area contributed by atoms with Gasteiger partial charge < -0.3 is 98.4 Å². The van der Waals surface area contributed by atoms with Crippen molar-refractivity contribution < 1.29 is 109 Å².